The molecule has 0 unspecified atom stereocenters. The van der Waals surface area contributed by atoms with Crippen LogP contribution in [0.3, 0.4) is 0 Å². The fourth-order valence-corrected chi connectivity index (χ4v) is 3.36. The summed E-state index contributed by atoms with van der Waals surface area (Å²) in [6.45, 7) is 1.57. The largest absolute Gasteiger partial charge is 0.497 e. The minimum absolute atomic E-state index is 0.231. The third kappa shape index (κ3) is 3.98. The molecule has 3 aromatic carbocycles. The Morgan fingerprint density at radius 2 is 1.59 bits per heavy atom. The summed E-state index contributed by atoms with van der Waals surface area (Å²) in [6, 6.07) is 21.7. The van der Waals surface area contributed by atoms with Crippen molar-refractivity contribution < 1.29 is 23.9 Å². The molecule has 2 N–H and O–H groups in total. The molecule has 1 saturated heterocycles. The third-order valence-corrected chi connectivity index (χ3v) is 5.13. The first-order chi connectivity index (χ1) is 15.4. The van der Waals surface area contributed by atoms with Crippen LogP contribution in [0.1, 0.15) is 22.8 Å². The molecule has 1 aliphatic rings. The normalized spacial score (nSPS) is 17.6. The zero-order valence-corrected chi connectivity index (χ0v) is 17.5. The molecule has 1 aliphatic heterocycles. The molecular weight excluding hydrogens is 410 g/mol. The summed E-state index contributed by atoms with van der Waals surface area (Å²) >= 11 is 0. The van der Waals surface area contributed by atoms with Gasteiger partial charge in [0.25, 0.3) is 11.8 Å². The molecule has 0 aromatic heterocycles. The molecule has 1 fully saturated rings. The molecule has 0 spiro atoms. The van der Waals surface area contributed by atoms with Crippen molar-refractivity contribution >= 4 is 17.8 Å². The van der Waals surface area contributed by atoms with Crippen LogP contribution in [0.25, 0.3) is 0 Å². The summed E-state index contributed by atoms with van der Waals surface area (Å²) in [5.41, 5.74) is 1.80. The molecule has 1 heterocycles. The van der Waals surface area contributed by atoms with Crippen LogP contribution >= 0.6 is 0 Å². The lowest BCUT2D eigenvalue weighted by Gasteiger charge is -2.22. The van der Waals surface area contributed by atoms with Gasteiger partial charge in [-0.1, -0.05) is 36.4 Å². The minimum atomic E-state index is -1.35. The Morgan fingerprint density at radius 1 is 0.906 bits per heavy atom. The zero-order chi connectivity index (χ0) is 22.7. The lowest BCUT2D eigenvalue weighted by Crippen LogP contribution is -2.47. The number of imide groups is 1. The number of amides is 4. The van der Waals surface area contributed by atoms with E-state index >= 15 is 0 Å². The van der Waals surface area contributed by atoms with Crippen molar-refractivity contribution in [2.45, 2.75) is 12.5 Å². The van der Waals surface area contributed by atoms with Crippen LogP contribution in [-0.2, 0) is 10.3 Å². The summed E-state index contributed by atoms with van der Waals surface area (Å²) in [7, 11) is 1.51. The van der Waals surface area contributed by atoms with Gasteiger partial charge >= 0.3 is 6.03 Å². The van der Waals surface area contributed by atoms with Crippen LogP contribution < -0.4 is 20.2 Å². The molecule has 0 bridgehead atoms. The van der Waals surface area contributed by atoms with E-state index in [0.29, 0.717) is 27.8 Å². The number of ether oxygens (including phenoxy) is 2. The van der Waals surface area contributed by atoms with E-state index in [1.165, 1.54) is 13.2 Å². The Bertz CT molecular complexity index is 1180. The van der Waals surface area contributed by atoms with E-state index in [4.69, 9.17) is 9.47 Å². The van der Waals surface area contributed by atoms with Crippen molar-refractivity contribution in [1.82, 2.24) is 15.8 Å². The highest BCUT2D eigenvalue weighted by atomic mass is 16.5. The third-order valence-electron chi connectivity index (χ3n) is 5.13. The first-order valence-corrected chi connectivity index (χ1v) is 9.86. The van der Waals surface area contributed by atoms with Gasteiger partial charge in [0.1, 0.15) is 22.8 Å². The number of nitrogens with one attached hydrogen (secondary N) is 2. The predicted octanol–water partition coefficient (Wildman–Crippen LogP) is 3.60. The van der Waals surface area contributed by atoms with E-state index in [-0.39, 0.29) is 5.56 Å². The molecule has 0 radical (unpaired) electrons. The second-order valence-corrected chi connectivity index (χ2v) is 7.31. The van der Waals surface area contributed by atoms with Crippen molar-refractivity contribution in [3.05, 3.63) is 90.0 Å². The van der Waals surface area contributed by atoms with Crippen LogP contribution in [0, 0.1) is 0 Å². The molecule has 1 atom stereocenters. The van der Waals surface area contributed by atoms with Gasteiger partial charge in [-0.15, -0.1) is 0 Å². The number of para-hydroxylation sites is 1. The second kappa shape index (κ2) is 8.43. The van der Waals surface area contributed by atoms with Crippen LogP contribution in [0.5, 0.6) is 17.2 Å². The Labute approximate surface area is 184 Å². The first-order valence-electron chi connectivity index (χ1n) is 9.86. The number of rotatable bonds is 6. The topological polar surface area (TPSA) is 97.0 Å². The van der Waals surface area contributed by atoms with E-state index < -0.39 is 23.4 Å². The number of carbonyl (C=O) groups is 3. The van der Waals surface area contributed by atoms with E-state index in [1.54, 1.807) is 61.5 Å². The van der Waals surface area contributed by atoms with Crippen molar-refractivity contribution in [2.75, 3.05) is 7.11 Å². The average Bonchev–Trinajstić information content (AvgIpc) is 3.03. The van der Waals surface area contributed by atoms with Gasteiger partial charge in [0.2, 0.25) is 0 Å². The summed E-state index contributed by atoms with van der Waals surface area (Å²) in [6.07, 6.45) is 0. The smallest absolute Gasteiger partial charge is 0.344 e. The van der Waals surface area contributed by atoms with E-state index in [2.05, 4.69) is 10.7 Å². The number of methoxy groups -OCH3 is 1. The van der Waals surface area contributed by atoms with Gasteiger partial charge in [-0.3, -0.25) is 15.0 Å². The van der Waals surface area contributed by atoms with E-state index in [0.717, 1.165) is 0 Å². The number of benzene rings is 3. The molecule has 8 heteroatoms. The SMILES string of the molecule is COc1cccc([C@@]2(C)NC(=O)N(NC(=O)c3cccc(Oc4ccccc4)c3)C2=O)c1. The molecule has 32 heavy (non-hydrogen) atoms. The molecule has 0 aliphatic carbocycles. The highest BCUT2D eigenvalue weighted by molar-refractivity contribution is 6.09. The van der Waals surface area contributed by atoms with Crippen LogP contribution in [0.15, 0.2) is 78.9 Å². The van der Waals surface area contributed by atoms with Crippen molar-refractivity contribution in [2.24, 2.45) is 0 Å². The van der Waals surface area contributed by atoms with E-state index in [9.17, 15) is 14.4 Å². The maximum absolute atomic E-state index is 13.1. The number of nitrogens with zero attached hydrogens (tertiary/aromatic N) is 1. The number of urea groups is 1. The molecule has 8 nitrogen and oxygen atoms in total. The molecule has 4 amide bonds. The highest BCUT2D eigenvalue weighted by Gasteiger charge is 2.50. The highest BCUT2D eigenvalue weighted by Crippen LogP contribution is 2.30. The van der Waals surface area contributed by atoms with Gasteiger partial charge in [-0.2, -0.15) is 5.01 Å². The summed E-state index contributed by atoms with van der Waals surface area (Å²) in [5, 5.41) is 3.33. The fraction of sp³-hybridized carbons (Fsp3) is 0.125. The number of hydrogen-bond donors (Lipinski definition) is 2. The van der Waals surface area contributed by atoms with Crippen LogP contribution in [0.2, 0.25) is 0 Å². The van der Waals surface area contributed by atoms with Gasteiger partial charge in [0, 0.05) is 5.56 Å². The molecular formula is C24H21N3O5. The lowest BCUT2D eigenvalue weighted by atomic mass is 9.92. The molecule has 162 valence electrons. The Morgan fingerprint density at radius 3 is 2.34 bits per heavy atom. The van der Waals surface area contributed by atoms with Gasteiger partial charge in [-0.05, 0) is 55.0 Å². The lowest BCUT2D eigenvalue weighted by molar-refractivity contribution is -0.132. The summed E-state index contributed by atoms with van der Waals surface area (Å²) in [4.78, 5) is 38.4. The molecule has 0 saturated carbocycles. The van der Waals surface area contributed by atoms with Gasteiger partial charge in [-0.25, -0.2) is 4.79 Å². The first kappa shape index (κ1) is 20.9. The summed E-state index contributed by atoms with van der Waals surface area (Å²) in [5.74, 6) is 0.377. The number of hydrazine groups is 1. The van der Waals surface area contributed by atoms with E-state index in [1.807, 2.05) is 18.2 Å². The van der Waals surface area contributed by atoms with Gasteiger partial charge in [0.05, 0.1) is 7.11 Å². The van der Waals surface area contributed by atoms with Crippen molar-refractivity contribution in [3.8, 4) is 17.2 Å². The standard InChI is InChI=1S/C24H21N3O5/c1-24(17-9-7-12-19(15-17)31-2)22(29)27(23(30)25-24)26-21(28)16-8-6-13-20(14-16)32-18-10-4-3-5-11-18/h3-15H,1-2H3,(H,25,30)(H,26,28)/t24-/m1/s1. The molecule has 4 rings (SSSR count). The maximum Gasteiger partial charge on any atom is 0.344 e. The number of hydrogen-bond acceptors (Lipinski definition) is 5. The maximum atomic E-state index is 13.1. The monoisotopic (exact) mass is 431 g/mol. The van der Waals surface area contributed by atoms with Gasteiger partial charge < -0.3 is 14.8 Å². The molecule has 3 aromatic rings. The minimum Gasteiger partial charge on any atom is -0.497 e. The predicted molar refractivity (Wildman–Crippen MR) is 116 cm³/mol. The van der Waals surface area contributed by atoms with Crippen LogP contribution in [0.4, 0.5) is 4.79 Å². The fourth-order valence-electron chi connectivity index (χ4n) is 3.36. The van der Waals surface area contributed by atoms with Crippen molar-refractivity contribution in [3.63, 3.8) is 0 Å². The second-order valence-electron chi connectivity index (χ2n) is 7.31. The Kier molecular flexibility index (Phi) is 5.51. The Balaban J connectivity index is 1.51. The average molecular weight is 431 g/mol. The Hall–Kier alpha value is -4.33. The van der Waals surface area contributed by atoms with Gasteiger partial charge in [0.15, 0.2) is 0 Å². The van der Waals surface area contributed by atoms with Crippen molar-refractivity contribution in [1.29, 1.82) is 0 Å². The number of carbonyl (C=O) groups excluding carboxylic acids is 3. The summed E-state index contributed by atoms with van der Waals surface area (Å²) < 4.78 is 10.9. The zero-order valence-electron chi connectivity index (χ0n) is 17.5. The van der Waals surface area contributed by atoms with Crippen LogP contribution in [-0.4, -0.2) is 30.0 Å². The quantitative estimate of drug-likeness (QED) is 0.582.